The van der Waals surface area contributed by atoms with Gasteiger partial charge in [-0.3, -0.25) is 19.2 Å². The topological polar surface area (TPSA) is 80.8 Å². The van der Waals surface area contributed by atoms with Crippen LogP contribution in [0.25, 0.3) is 0 Å². The number of Topliss-reactive ketones (excluding diaryl/α,β-unsaturated/α-hetero) is 2. The first-order valence-electron chi connectivity index (χ1n) is 11.0. The maximum absolute atomic E-state index is 13.9. The molecule has 2 heterocycles. The number of ketones is 2. The number of ether oxygens (including phenoxy) is 1. The molecule has 2 amide bonds. The molecule has 3 aromatic carbocycles. The molecular weight excluding hydrogens is 534 g/mol. The summed E-state index contributed by atoms with van der Waals surface area (Å²) in [5.41, 5.74) is -0.0296. The number of hydrogen-bond donors (Lipinski definition) is 0. The van der Waals surface area contributed by atoms with Crippen LogP contribution in [0.1, 0.15) is 37.9 Å². The van der Waals surface area contributed by atoms with Crippen molar-refractivity contribution in [1.82, 2.24) is 0 Å². The highest BCUT2D eigenvalue weighted by molar-refractivity contribution is 9.10. The van der Waals surface area contributed by atoms with Gasteiger partial charge in [-0.1, -0.05) is 70.0 Å². The Bertz CT molecular complexity index is 1450. The van der Waals surface area contributed by atoms with Crippen molar-refractivity contribution in [2.24, 2.45) is 11.8 Å². The molecule has 3 atom stereocenters. The van der Waals surface area contributed by atoms with Gasteiger partial charge in [-0.15, -0.1) is 0 Å². The first-order chi connectivity index (χ1) is 16.8. The fourth-order valence-corrected chi connectivity index (χ4v) is 6.07. The van der Waals surface area contributed by atoms with Gasteiger partial charge in [0.2, 0.25) is 29.0 Å². The molecule has 2 fully saturated rings. The summed E-state index contributed by atoms with van der Waals surface area (Å²) in [6, 6.07) is 18.4. The van der Waals surface area contributed by atoms with Crippen molar-refractivity contribution in [1.29, 1.82) is 0 Å². The molecule has 0 unspecified atom stereocenters. The van der Waals surface area contributed by atoms with E-state index >= 15 is 0 Å². The Labute approximate surface area is 214 Å². The molecule has 6 nitrogen and oxygen atoms in total. The molecule has 2 aliphatic heterocycles. The van der Waals surface area contributed by atoms with Crippen molar-refractivity contribution in [3.63, 3.8) is 0 Å². The van der Waals surface area contributed by atoms with Crippen LogP contribution < -0.4 is 4.90 Å². The molecule has 2 saturated heterocycles. The van der Waals surface area contributed by atoms with Gasteiger partial charge in [0.1, 0.15) is 0 Å². The monoisotopic (exact) mass is 549 g/mol. The largest absolute Gasteiger partial charge is 0.349 e. The third-order valence-electron chi connectivity index (χ3n) is 7.11. The number of anilines is 1. The number of hydrogen-bond acceptors (Lipinski definition) is 5. The summed E-state index contributed by atoms with van der Waals surface area (Å²) in [4.78, 5) is 56.3. The Morgan fingerprint density at radius 1 is 0.886 bits per heavy atom. The number of amides is 2. The van der Waals surface area contributed by atoms with Gasteiger partial charge in [0.25, 0.3) is 0 Å². The van der Waals surface area contributed by atoms with Gasteiger partial charge in [0.15, 0.2) is 0 Å². The molecule has 0 saturated carbocycles. The fraction of sp³-hybridized carbons (Fsp3) is 0.185. The van der Waals surface area contributed by atoms with Crippen LogP contribution in [-0.4, -0.2) is 29.0 Å². The van der Waals surface area contributed by atoms with Crippen LogP contribution >= 0.6 is 27.5 Å². The van der Waals surface area contributed by atoms with E-state index in [1.807, 2.05) is 13.0 Å². The lowest BCUT2D eigenvalue weighted by atomic mass is 9.77. The van der Waals surface area contributed by atoms with E-state index < -0.39 is 46.9 Å². The van der Waals surface area contributed by atoms with Crippen LogP contribution in [0.5, 0.6) is 0 Å². The second kappa shape index (κ2) is 7.68. The Hall–Kier alpha value is -3.13. The van der Waals surface area contributed by atoms with Gasteiger partial charge >= 0.3 is 0 Å². The standard InChI is InChI=1S/C27H17BrClNO5/c1-13-9-10-16(12-19(13)29)30-25(33)20-21(26(30)34)27(35-22(20)14-5-4-6-15(28)11-14)23(31)17-7-2-3-8-18(17)24(27)32/h2-12,20-22H,1H3/t20-,21+,22+/m1/s1. The van der Waals surface area contributed by atoms with Crippen LogP contribution in [0.15, 0.2) is 71.2 Å². The average Bonchev–Trinajstić information content (AvgIpc) is 3.41. The zero-order valence-corrected chi connectivity index (χ0v) is 20.7. The Kier molecular flexibility index (Phi) is 4.90. The van der Waals surface area contributed by atoms with Crippen LogP contribution in [0.3, 0.4) is 0 Å². The van der Waals surface area contributed by atoms with Gasteiger partial charge in [-0.25, -0.2) is 4.90 Å². The maximum Gasteiger partial charge on any atom is 0.241 e. The Morgan fingerprint density at radius 2 is 1.57 bits per heavy atom. The van der Waals surface area contributed by atoms with E-state index in [9.17, 15) is 19.2 Å². The molecule has 0 aromatic heterocycles. The summed E-state index contributed by atoms with van der Waals surface area (Å²) in [7, 11) is 0. The maximum atomic E-state index is 13.9. The highest BCUT2D eigenvalue weighted by atomic mass is 79.9. The Balaban J connectivity index is 1.55. The molecule has 0 N–H and O–H groups in total. The minimum atomic E-state index is -2.10. The van der Waals surface area contributed by atoms with Gasteiger partial charge in [-0.05, 0) is 42.3 Å². The lowest BCUT2D eigenvalue weighted by Crippen LogP contribution is -2.51. The molecular formula is C27H17BrClNO5. The summed E-state index contributed by atoms with van der Waals surface area (Å²) in [5.74, 6) is -4.71. The minimum absolute atomic E-state index is 0.197. The third-order valence-corrected chi connectivity index (χ3v) is 8.01. The van der Waals surface area contributed by atoms with Crippen LogP contribution in [0, 0.1) is 18.8 Å². The minimum Gasteiger partial charge on any atom is -0.349 e. The molecule has 3 aliphatic rings. The van der Waals surface area contributed by atoms with Gasteiger partial charge in [-0.2, -0.15) is 0 Å². The molecule has 1 spiro atoms. The van der Waals surface area contributed by atoms with E-state index in [0.29, 0.717) is 16.3 Å². The second-order valence-electron chi connectivity index (χ2n) is 8.98. The third kappa shape index (κ3) is 2.92. The highest BCUT2D eigenvalue weighted by Crippen LogP contribution is 2.57. The van der Waals surface area contributed by atoms with Crippen molar-refractivity contribution >= 4 is 56.6 Å². The lowest BCUT2D eigenvalue weighted by molar-refractivity contribution is -0.127. The summed E-state index contributed by atoms with van der Waals surface area (Å²) < 4.78 is 7.02. The zero-order valence-electron chi connectivity index (χ0n) is 18.3. The molecule has 3 aromatic rings. The van der Waals surface area contributed by atoms with Crippen molar-refractivity contribution in [2.75, 3.05) is 4.90 Å². The summed E-state index contributed by atoms with van der Waals surface area (Å²) in [6.45, 7) is 1.81. The van der Waals surface area contributed by atoms with Crippen molar-refractivity contribution < 1.29 is 23.9 Å². The van der Waals surface area contributed by atoms with Crippen molar-refractivity contribution in [2.45, 2.75) is 18.6 Å². The molecule has 6 rings (SSSR count). The number of fused-ring (bicyclic) bond motifs is 3. The van der Waals surface area contributed by atoms with Crippen LogP contribution in [0.4, 0.5) is 5.69 Å². The number of carbonyl (C=O) groups is 4. The predicted octanol–water partition coefficient (Wildman–Crippen LogP) is 5.11. The average molecular weight is 551 g/mol. The van der Waals surface area contributed by atoms with Gasteiger partial charge in [0.05, 0.1) is 23.6 Å². The number of rotatable bonds is 2. The number of halogens is 2. The number of benzene rings is 3. The quantitative estimate of drug-likeness (QED) is 0.327. The van der Waals surface area contributed by atoms with Crippen LogP contribution in [-0.2, 0) is 14.3 Å². The first kappa shape index (κ1) is 22.3. The number of imide groups is 1. The fourth-order valence-electron chi connectivity index (χ4n) is 5.48. The summed E-state index contributed by atoms with van der Waals surface area (Å²) in [5, 5.41) is 0.398. The molecule has 174 valence electrons. The zero-order chi connectivity index (χ0) is 24.6. The first-order valence-corrected chi connectivity index (χ1v) is 12.2. The van der Waals surface area contributed by atoms with Crippen LogP contribution in [0.2, 0.25) is 5.02 Å². The SMILES string of the molecule is Cc1ccc(N2C(=O)[C@@H]3[C@@H](C2=O)C2(O[C@H]3c3cccc(Br)c3)C(=O)c3ccccc3C2=O)cc1Cl. The number of carbonyl (C=O) groups excluding carboxylic acids is 4. The molecule has 0 bridgehead atoms. The molecule has 0 radical (unpaired) electrons. The van der Waals surface area contributed by atoms with Crippen molar-refractivity contribution in [3.8, 4) is 0 Å². The summed E-state index contributed by atoms with van der Waals surface area (Å²) in [6.07, 6.45) is -0.970. The van der Waals surface area contributed by atoms with E-state index in [1.165, 1.54) is 0 Å². The smallest absolute Gasteiger partial charge is 0.241 e. The van der Waals surface area contributed by atoms with E-state index in [1.54, 1.807) is 60.7 Å². The van der Waals surface area contributed by atoms with E-state index in [0.717, 1.165) is 14.9 Å². The van der Waals surface area contributed by atoms with Gasteiger partial charge in [0, 0.05) is 20.6 Å². The molecule has 1 aliphatic carbocycles. The molecule has 35 heavy (non-hydrogen) atoms. The van der Waals surface area contributed by atoms with E-state index in [4.69, 9.17) is 16.3 Å². The normalized spacial score (nSPS) is 24.4. The second-order valence-corrected chi connectivity index (χ2v) is 10.3. The molecule has 8 heteroatoms. The lowest BCUT2D eigenvalue weighted by Gasteiger charge is -2.27. The van der Waals surface area contributed by atoms with E-state index in [-0.39, 0.29) is 11.1 Å². The predicted molar refractivity (Wildman–Crippen MR) is 131 cm³/mol. The van der Waals surface area contributed by atoms with Crippen molar-refractivity contribution in [3.05, 3.63) is 98.5 Å². The Morgan fingerprint density at radius 3 is 2.20 bits per heavy atom. The summed E-state index contributed by atoms with van der Waals surface area (Å²) >= 11 is 9.72. The van der Waals surface area contributed by atoms with Gasteiger partial charge < -0.3 is 4.74 Å². The van der Waals surface area contributed by atoms with E-state index in [2.05, 4.69) is 15.9 Å². The number of nitrogens with zero attached hydrogens (tertiary/aromatic N) is 1. The number of aryl methyl sites for hydroxylation is 1. The highest BCUT2D eigenvalue weighted by Gasteiger charge is 2.74.